The van der Waals surface area contributed by atoms with Crippen molar-refractivity contribution in [1.29, 1.82) is 0 Å². The molecule has 0 unspecified atom stereocenters. The molecule has 1 aromatic carbocycles. The van der Waals surface area contributed by atoms with Crippen LogP contribution >= 0.6 is 24.0 Å². The highest BCUT2D eigenvalue weighted by Gasteiger charge is 2.08. The minimum atomic E-state index is 0. The summed E-state index contributed by atoms with van der Waals surface area (Å²) in [6, 6.07) is 10.3. The molecule has 0 bridgehead atoms. The van der Waals surface area contributed by atoms with Gasteiger partial charge in [0.15, 0.2) is 11.7 Å². The van der Waals surface area contributed by atoms with Crippen LogP contribution in [0.25, 0.3) is 0 Å². The van der Waals surface area contributed by atoms with Crippen LogP contribution in [-0.4, -0.2) is 24.3 Å². The smallest absolute Gasteiger partial charge is 0.191 e. The van der Waals surface area contributed by atoms with E-state index in [-0.39, 0.29) is 30.1 Å². The maximum absolute atomic E-state index is 5.66. The Labute approximate surface area is 179 Å². The van der Waals surface area contributed by atoms with Crippen molar-refractivity contribution >= 4 is 29.9 Å². The summed E-state index contributed by atoms with van der Waals surface area (Å²) in [7, 11) is 1.75. The Hall–Kier alpha value is -1.61. The molecule has 150 valence electrons. The Morgan fingerprint density at radius 1 is 1.11 bits per heavy atom. The number of aliphatic imine (C=N–C) groups is 1. The number of benzene rings is 1. The van der Waals surface area contributed by atoms with Gasteiger partial charge in [-0.25, -0.2) is 0 Å². The lowest BCUT2D eigenvalue weighted by molar-refractivity contribution is 0.0657. The standard InChI is InChI=1S/C20H30N4O2.HI/c1-14(2)19-10-18(26-24-19)12-23-20(21-5)22-11-16-7-6-8-17(9-16)13-25-15(3)4;/h6-10,14-15H,11-13H2,1-5H3,(H2,21,22,23);1H. The number of nitrogens with one attached hydrogen (secondary N) is 2. The summed E-state index contributed by atoms with van der Waals surface area (Å²) in [5.74, 6) is 1.87. The van der Waals surface area contributed by atoms with Crippen LogP contribution in [0.4, 0.5) is 0 Å². The van der Waals surface area contributed by atoms with Gasteiger partial charge in [0.05, 0.1) is 24.9 Å². The van der Waals surface area contributed by atoms with Gasteiger partial charge in [-0.05, 0) is 30.9 Å². The van der Waals surface area contributed by atoms with Crippen molar-refractivity contribution in [3.05, 3.63) is 52.9 Å². The Kier molecular flexibility index (Phi) is 10.4. The van der Waals surface area contributed by atoms with Crippen LogP contribution in [0, 0.1) is 0 Å². The maximum Gasteiger partial charge on any atom is 0.191 e. The number of hydrogen-bond donors (Lipinski definition) is 2. The molecule has 0 spiro atoms. The summed E-state index contributed by atoms with van der Waals surface area (Å²) in [5.41, 5.74) is 3.31. The van der Waals surface area contributed by atoms with Crippen molar-refractivity contribution in [2.45, 2.75) is 59.4 Å². The summed E-state index contributed by atoms with van der Waals surface area (Å²) >= 11 is 0. The quantitative estimate of drug-likeness (QED) is 0.333. The lowest BCUT2D eigenvalue weighted by Gasteiger charge is -2.12. The molecule has 27 heavy (non-hydrogen) atoms. The van der Waals surface area contributed by atoms with Gasteiger partial charge in [0.25, 0.3) is 0 Å². The second-order valence-corrected chi connectivity index (χ2v) is 6.83. The predicted octanol–water partition coefficient (Wildman–Crippen LogP) is 4.21. The number of hydrogen-bond acceptors (Lipinski definition) is 4. The van der Waals surface area contributed by atoms with E-state index in [0.717, 1.165) is 17.4 Å². The molecular formula is C20H31IN4O2. The molecule has 0 atom stereocenters. The first-order chi connectivity index (χ1) is 12.5. The van der Waals surface area contributed by atoms with Gasteiger partial charge in [0.1, 0.15) is 0 Å². The predicted molar refractivity (Wildman–Crippen MR) is 119 cm³/mol. The van der Waals surface area contributed by atoms with Crippen LogP contribution < -0.4 is 10.6 Å². The first-order valence-corrected chi connectivity index (χ1v) is 9.07. The number of rotatable bonds is 8. The average Bonchev–Trinajstić information content (AvgIpc) is 3.10. The Bertz CT molecular complexity index is 714. The van der Waals surface area contributed by atoms with E-state index in [2.05, 4.69) is 52.8 Å². The number of nitrogens with zero attached hydrogens (tertiary/aromatic N) is 2. The Morgan fingerprint density at radius 3 is 2.44 bits per heavy atom. The fraction of sp³-hybridized carbons (Fsp3) is 0.500. The summed E-state index contributed by atoms with van der Waals surface area (Å²) in [5, 5.41) is 10.6. The van der Waals surface area contributed by atoms with Crippen molar-refractivity contribution in [1.82, 2.24) is 15.8 Å². The Balaban J connectivity index is 0.00000364. The molecule has 0 fully saturated rings. The average molecular weight is 486 g/mol. The maximum atomic E-state index is 5.66. The number of halogens is 1. The van der Waals surface area contributed by atoms with Crippen LogP contribution in [0.3, 0.4) is 0 Å². The molecular weight excluding hydrogens is 455 g/mol. The zero-order chi connectivity index (χ0) is 18.9. The highest BCUT2D eigenvalue weighted by atomic mass is 127. The van der Waals surface area contributed by atoms with Crippen molar-refractivity contribution in [3.63, 3.8) is 0 Å². The van der Waals surface area contributed by atoms with Gasteiger partial charge < -0.3 is 19.9 Å². The topological polar surface area (TPSA) is 71.7 Å². The fourth-order valence-corrected chi connectivity index (χ4v) is 2.35. The van der Waals surface area contributed by atoms with Gasteiger partial charge >= 0.3 is 0 Å². The second kappa shape index (κ2) is 12.0. The molecule has 0 aliphatic carbocycles. The third-order valence-electron chi connectivity index (χ3n) is 3.86. The molecule has 2 rings (SSSR count). The second-order valence-electron chi connectivity index (χ2n) is 6.83. The Morgan fingerprint density at radius 2 is 1.81 bits per heavy atom. The monoisotopic (exact) mass is 486 g/mol. The SMILES string of the molecule is CN=C(NCc1cccc(COC(C)C)c1)NCc1cc(C(C)C)no1.I. The van der Waals surface area contributed by atoms with E-state index >= 15 is 0 Å². The van der Waals surface area contributed by atoms with E-state index in [9.17, 15) is 0 Å². The number of aromatic nitrogens is 1. The van der Waals surface area contributed by atoms with E-state index in [1.807, 2.05) is 26.0 Å². The molecule has 0 aliphatic heterocycles. The summed E-state index contributed by atoms with van der Waals surface area (Å²) < 4.78 is 11.0. The van der Waals surface area contributed by atoms with Crippen LogP contribution in [0.5, 0.6) is 0 Å². The van der Waals surface area contributed by atoms with E-state index in [1.54, 1.807) is 7.05 Å². The van der Waals surface area contributed by atoms with Crippen molar-refractivity contribution in [2.75, 3.05) is 7.05 Å². The minimum Gasteiger partial charge on any atom is -0.374 e. The highest BCUT2D eigenvalue weighted by Crippen LogP contribution is 2.13. The van der Waals surface area contributed by atoms with Crippen LogP contribution in [0.1, 0.15) is 56.2 Å². The van der Waals surface area contributed by atoms with Gasteiger partial charge in [-0.2, -0.15) is 0 Å². The summed E-state index contributed by atoms with van der Waals surface area (Å²) in [6.45, 7) is 10.1. The van der Waals surface area contributed by atoms with Crippen molar-refractivity contribution < 1.29 is 9.26 Å². The molecule has 1 aromatic heterocycles. The van der Waals surface area contributed by atoms with E-state index in [1.165, 1.54) is 11.1 Å². The molecule has 7 heteroatoms. The van der Waals surface area contributed by atoms with E-state index in [4.69, 9.17) is 9.26 Å². The molecule has 0 aliphatic rings. The van der Waals surface area contributed by atoms with Gasteiger partial charge in [-0.15, -0.1) is 24.0 Å². The van der Waals surface area contributed by atoms with Gasteiger partial charge in [-0.1, -0.05) is 43.3 Å². The van der Waals surface area contributed by atoms with Crippen LogP contribution in [0.2, 0.25) is 0 Å². The zero-order valence-electron chi connectivity index (χ0n) is 16.8. The molecule has 0 radical (unpaired) electrons. The van der Waals surface area contributed by atoms with Gasteiger partial charge in [0.2, 0.25) is 0 Å². The van der Waals surface area contributed by atoms with Crippen molar-refractivity contribution in [3.8, 4) is 0 Å². The largest absolute Gasteiger partial charge is 0.374 e. The molecule has 1 heterocycles. The molecule has 0 amide bonds. The molecule has 6 nitrogen and oxygen atoms in total. The first-order valence-electron chi connectivity index (χ1n) is 9.07. The third-order valence-corrected chi connectivity index (χ3v) is 3.86. The fourth-order valence-electron chi connectivity index (χ4n) is 2.35. The van der Waals surface area contributed by atoms with Crippen LogP contribution in [-0.2, 0) is 24.4 Å². The third kappa shape index (κ3) is 8.30. The first kappa shape index (κ1) is 23.4. The molecule has 0 saturated heterocycles. The van der Waals surface area contributed by atoms with Gasteiger partial charge in [-0.3, -0.25) is 4.99 Å². The van der Waals surface area contributed by atoms with Gasteiger partial charge in [0, 0.05) is 19.7 Å². The highest BCUT2D eigenvalue weighted by molar-refractivity contribution is 14.0. The molecule has 2 aromatic rings. The van der Waals surface area contributed by atoms with E-state index in [0.29, 0.717) is 25.6 Å². The summed E-state index contributed by atoms with van der Waals surface area (Å²) in [6.07, 6.45) is 0.229. The van der Waals surface area contributed by atoms with E-state index < -0.39 is 0 Å². The zero-order valence-corrected chi connectivity index (χ0v) is 19.1. The lowest BCUT2D eigenvalue weighted by Crippen LogP contribution is -2.36. The van der Waals surface area contributed by atoms with Crippen molar-refractivity contribution in [2.24, 2.45) is 4.99 Å². The van der Waals surface area contributed by atoms with Crippen LogP contribution in [0.15, 0.2) is 39.8 Å². The number of guanidine groups is 1. The minimum absolute atomic E-state index is 0. The number of ether oxygens (including phenoxy) is 1. The normalized spacial score (nSPS) is 11.6. The molecule has 2 N–H and O–H groups in total. The lowest BCUT2D eigenvalue weighted by atomic mass is 10.1. The summed E-state index contributed by atoms with van der Waals surface area (Å²) in [4.78, 5) is 4.25. The molecule has 0 saturated carbocycles.